The predicted molar refractivity (Wildman–Crippen MR) is 115 cm³/mol. The minimum atomic E-state index is -0.875. The molecule has 0 fully saturated rings. The Bertz CT molecular complexity index is 1130. The van der Waals surface area contributed by atoms with Crippen LogP contribution < -0.4 is 4.74 Å². The molecule has 0 amide bonds. The van der Waals surface area contributed by atoms with Crippen molar-refractivity contribution in [1.29, 1.82) is 0 Å². The third-order valence-corrected chi connectivity index (χ3v) is 6.82. The highest BCUT2D eigenvalue weighted by atomic mass is 79.9. The van der Waals surface area contributed by atoms with Gasteiger partial charge >= 0.3 is 0 Å². The fourth-order valence-corrected chi connectivity index (χ4v) is 5.05. The Labute approximate surface area is 179 Å². The van der Waals surface area contributed by atoms with Crippen LogP contribution in [-0.4, -0.2) is 15.6 Å². The number of halogens is 1. The summed E-state index contributed by atoms with van der Waals surface area (Å²) in [5.74, 6) is 0.804. The lowest BCUT2D eigenvalue weighted by Crippen LogP contribution is -2.48. The Morgan fingerprint density at radius 1 is 1.28 bits per heavy atom. The summed E-state index contributed by atoms with van der Waals surface area (Å²) < 4.78 is 7.46. The summed E-state index contributed by atoms with van der Waals surface area (Å²) in [4.78, 5) is 11.8. The third-order valence-electron chi connectivity index (χ3n) is 5.41. The van der Waals surface area contributed by atoms with Crippen LogP contribution in [0.1, 0.15) is 35.4 Å². The average Bonchev–Trinajstić information content (AvgIpc) is 3.39. The van der Waals surface area contributed by atoms with Crippen molar-refractivity contribution in [3.05, 3.63) is 90.6 Å². The monoisotopic (exact) mass is 469 g/mol. The number of benzene rings is 2. The highest BCUT2D eigenvalue weighted by Gasteiger charge is 2.49. The lowest BCUT2D eigenvalue weighted by Gasteiger charge is -2.46. The van der Waals surface area contributed by atoms with Gasteiger partial charge in [0.25, 0.3) is 5.69 Å². The summed E-state index contributed by atoms with van der Waals surface area (Å²) in [5, 5.41) is 20.1. The molecule has 0 radical (unpaired) electrons. The van der Waals surface area contributed by atoms with Crippen molar-refractivity contribution in [2.45, 2.75) is 25.1 Å². The molecule has 0 N–H and O–H groups in total. The molecule has 146 valence electrons. The maximum absolute atomic E-state index is 11.1. The van der Waals surface area contributed by atoms with E-state index in [0.29, 0.717) is 0 Å². The summed E-state index contributed by atoms with van der Waals surface area (Å²) in [6.45, 7) is 1.97. The third kappa shape index (κ3) is 2.94. The van der Waals surface area contributed by atoms with Gasteiger partial charge in [0, 0.05) is 41.1 Å². The molecule has 2 aromatic carbocycles. The van der Waals surface area contributed by atoms with Gasteiger partial charge in [-0.3, -0.25) is 10.1 Å². The zero-order valence-electron chi connectivity index (χ0n) is 15.4. The molecule has 0 unspecified atom stereocenters. The molecule has 5 rings (SSSR count). The van der Waals surface area contributed by atoms with Gasteiger partial charge in [0.15, 0.2) is 0 Å². The van der Waals surface area contributed by atoms with Crippen molar-refractivity contribution in [2.24, 2.45) is 5.10 Å². The number of hydrogen-bond donors (Lipinski definition) is 0. The summed E-state index contributed by atoms with van der Waals surface area (Å²) in [6.07, 6.45) is 0.774. The van der Waals surface area contributed by atoms with E-state index in [1.165, 1.54) is 12.1 Å². The largest absolute Gasteiger partial charge is 0.462 e. The van der Waals surface area contributed by atoms with Gasteiger partial charge in [0.2, 0.25) is 5.72 Å². The number of non-ortho nitro benzene ring substituents is 1. The van der Waals surface area contributed by atoms with Crippen LogP contribution in [0.15, 0.2) is 69.6 Å². The van der Waals surface area contributed by atoms with Crippen LogP contribution in [0.25, 0.3) is 0 Å². The van der Waals surface area contributed by atoms with E-state index < -0.39 is 10.6 Å². The molecule has 1 aromatic heterocycles. The maximum atomic E-state index is 11.1. The number of hydrazone groups is 1. The van der Waals surface area contributed by atoms with Crippen LogP contribution in [0.4, 0.5) is 5.69 Å². The molecular formula is C21H16BrN3O3S. The molecule has 0 saturated heterocycles. The van der Waals surface area contributed by atoms with Gasteiger partial charge in [0.1, 0.15) is 5.75 Å². The molecule has 0 bridgehead atoms. The minimum absolute atomic E-state index is 0.0218. The molecule has 2 aliphatic rings. The van der Waals surface area contributed by atoms with Crippen LogP contribution in [0.2, 0.25) is 0 Å². The average molecular weight is 470 g/mol. The first-order chi connectivity index (χ1) is 14.0. The lowest BCUT2D eigenvalue weighted by molar-refractivity contribution is -0.384. The first-order valence-electron chi connectivity index (χ1n) is 9.10. The van der Waals surface area contributed by atoms with Crippen molar-refractivity contribution in [3.8, 4) is 5.75 Å². The van der Waals surface area contributed by atoms with E-state index in [4.69, 9.17) is 9.84 Å². The van der Waals surface area contributed by atoms with Crippen LogP contribution in [0.5, 0.6) is 5.75 Å². The summed E-state index contributed by atoms with van der Waals surface area (Å²) in [7, 11) is 0. The maximum Gasteiger partial charge on any atom is 0.269 e. The van der Waals surface area contributed by atoms with Gasteiger partial charge in [0.05, 0.1) is 21.6 Å². The number of hydrogen-bond acceptors (Lipinski definition) is 6. The molecule has 0 spiro atoms. The number of nitro benzene ring substituents is 1. The molecule has 2 atom stereocenters. The molecule has 3 aromatic rings. The lowest BCUT2D eigenvalue weighted by atomic mass is 9.93. The van der Waals surface area contributed by atoms with Gasteiger partial charge in [-0.15, -0.1) is 11.3 Å². The van der Waals surface area contributed by atoms with E-state index in [2.05, 4.69) is 28.1 Å². The fraction of sp³-hybridized carbons (Fsp3) is 0.190. The number of nitrogens with zero attached hydrogens (tertiary/aromatic N) is 3. The van der Waals surface area contributed by atoms with Crippen molar-refractivity contribution >= 4 is 38.7 Å². The van der Waals surface area contributed by atoms with Gasteiger partial charge in [-0.1, -0.05) is 22.0 Å². The molecular weight excluding hydrogens is 454 g/mol. The van der Waals surface area contributed by atoms with Crippen molar-refractivity contribution in [2.75, 3.05) is 0 Å². The standard InChI is InChI=1S/C21H16BrN3O3S/c1-21(13-4-7-15(8-5-13)25(26)27)24-18(12-17(23-24)20-3-2-10-29-20)16-11-14(22)6-9-19(16)28-21/h2-11,18H,12H2,1H3/t18-,21-/m1/s1. The molecule has 8 heteroatoms. The highest BCUT2D eigenvalue weighted by molar-refractivity contribution is 9.10. The smallest absolute Gasteiger partial charge is 0.269 e. The van der Waals surface area contributed by atoms with Gasteiger partial charge in [-0.2, -0.15) is 5.10 Å². The minimum Gasteiger partial charge on any atom is -0.462 e. The summed E-state index contributed by atoms with van der Waals surface area (Å²) in [6, 6.07) is 16.6. The summed E-state index contributed by atoms with van der Waals surface area (Å²) in [5.41, 5.74) is 2.10. The first-order valence-corrected chi connectivity index (χ1v) is 10.8. The van der Waals surface area contributed by atoms with Crippen molar-refractivity contribution in [3.63, 3.8) is 0 Å². The second-order valence-electron chi connectivity index (χ2n) is 7.16. The Kier molecular flexibility index (Phi) is 4.22. The van der Waals surface area contributed by atoms with Crippen LogP contribution in [0, 0.1) is 10.1 Å². The Balaban J connectivity index is 1.64. The topological polar surface area (TPSA) is 68.0 Å². The molecule has 0 saturated carbocycles. The first kappa shape index (κ1) is 18.3. The van der Waals surface area contributed by atoms with E-state index in [9.17, 15) is 10.1 Å². The number of thiophene rings is 1. The van der Waals surface area contributed by atoms with E-state index in [1.807, 2.05) is 35.5 Å². The van der Waals surface area contributed by atoms with Crippen molar-refractivity contribution in [1.82, 2.24) is 5.01 Å². The van der Waals surface area contributed by atoms with Gasteiger partial charge < -0.3 is 4.74 Å². The summed E-state index contributed by atoms with van der Waals surface area (Å²) >= 11 is 5.23. The highest BCUT2D eigenvalue weighted by Crippen LogP contribution is 2.51. The van der Waals surface area contributed by atoms with E-state index >= 15 is 0 Å². The Morgan fingerprint density at radius 2 is 2.07 bits per heavy atom. The van der Waals surface area contributed by atoms with Gasteiger partial charge in [-0.25, -0.2) is 5.01 Å². The SMILES string of the molecule is C[C@]1(c2ccc([N+](=O)[O-])cc2)Oc2ccc(Br)cc2[C@H]2CC(c3cccs3)=NN21. The van der Waals surface area contributed by atoms with E-state index in [-0.39, 0.29) is 11.7 Å². The Hall–Kier alpha value is -2.71. The molecule has 2 aliphatic heterocycles. The number of ether oxygens (including phenoxy) is 1. The fourth-order valence-electron chi connectivity index (χ4n) is 3.95. The molecule has 3 heterocycles. The number of nitro groups is 1. The van der Waals surface area contributed by atoms with Crippen LogP contribution in [-0.2, 0) is 5.72 Å². The predicted octanol–water partition coefficient (Wildman–Crippen LogP) is 5.84. The zero-order chi connectivity index (χ0) is 20.2. The molecule has 6 nitrogen and oxygen atoms in total. The second kappa shape index (κ2) is 6.67. The molecule has 0 aliphatic carbocycles. The van der Waals surface area contributed by atoms with Crippen LogP contribution >= 0.6 is 27.3 Å². The van der Waals surface area contributed by atoms with E-state index in [0.717, 1.165) is 38.4 Å². The number of fused-ring (bicyclic) bond motifs is 3. The van der Waals surface area contributed by atoms with E-state index in [1.54, 1.807) is 23.5 Å². The van der Waals surface area contributed by atoms with Gasteiger partial charge in [-0.05, 0) is 41.8 Å². The zero-order valence-corrected chi connectivity index (χ0v) is 17.8. The Morgan fingerprint density at radius 3 is 2.76 bits per heavy atom. The van der Waals surface area contributed by atoms with Crippen LogP contribution in [0.3, 0.4) is 0 Å². The number of rotatable bonds is 3. The quantitative estimate of drug-likeness (QED) is 0.357. The normalized spacial score (nSPS) is 22.5. The molecule has 29 heavy (non-hydrogen) atoms. The second-order valence-corrected chi connectivity index (χ2v) is 9.02. The van der Waals surface area contributed by atoms with Crippen molar-refractivity contribution < 1.29 is 9.66 Å².